The van der Waals surface area contributed by atoms with Crippen LogP contribution < -0.4 is 5.32 Å². The molecule has 0 aliphatic carbocycles. The van der Waals surface area contributed by atoms with Crippen LogP contribution in [0.15, 0.2) is 0 Å². The van der Waals surface area contributed by atoms with Gasteiger partial charge in [-0.15, -0.1) is 12.4 Å². The fourth-order valence-electron chi connectivity index (χ4n) is 2.32. The Morgan fingerprint density at radius 2 is 2.07 bits per heavy atom. The van der Waals surface area contributed by atoms with Crippen molar-refractivity contribution in [3.8, 4) is 0 Å². The summed E-state index contributed by atoms with van der Waals surface area (Å²) in [6.45, 7) is 3.45. The second-order valence-electron chi connectivity index (χ2n) is 4.27. The topological polar surface area (TPSA) is 49.4 Å². The van der Waals surface area contributed by atoms with Crippen molar-refractivity contribution < 1.29 is 8.42 Å². The molecule has 2 aliphatic heterocycles. The number of halogens is 1. The Kier molecular flexibility index (Phi) is 3.46. The molecule has 1 atom stereocenters. The predicted octanol–water partition coefficient (Wildman–Crippen LogP) is 0.0532. The highest BCUT2D eigenvalue weighted by Gasteiger charge is 2.42. The average molecular weight is 241 g/mol. The molecule has 0 amide bonds. The first kappa shape index (κ1) is 12.2. The number of hydrogen-bond acceptors (Lipinski definition) is 3. The van der Waals surface area contributed by atoms with Crippen molar-refractivity contribution in [2.75, 3.05) is 32.4 Å². The fourth-order valence-corrected chi connectivity index (χ4v) is 3.25. The molecule has 0 aromatic rings. The first-order chi connectivity index (χ1) is 6.02. The predicted molar refractivity (Wildman–Crippen MR) is 58.2 cm³/mol. The van der Waals surface area contributed by atoms with Crippen LogP contribution in [0, 0.1) is 5.41 Å². The zero-order chi connectivity index (χ0) is 9.53. The normalized spacial score (nSPS) is 33.5. The Morgan fingerprint density at radius 1 is 1.36 bits per heavy atom. The van der Waals surface area contributed by atoms with E-state index < -0.39 is 10.0 Å². The van der Waals surface area contributed by atoms with Crippen LogP contribution in [-0.4, -0.2) is 45.2 Å². The summed E-state index contributed by atoms with van der Waals surface area (Å²) >= 11 is 0. The smallest absolute Gasteiger partial charge is 0.211 e. The van der Waals surface area contributed by atoms with Crippen molar-refractivity contribution in [1.82, 2.24) is 9.62 Å². The van der Waals surface area contributed by atoms with E-state index in [2.05, 4.69) is 5.32 Å². The number of rotatable bonds is 1. The molecule has 1 N–H and O–H groups in total. The summed E-state index contributed by atoms with van der Waals surface area (Å²) < 4.78 is 24.2. The molecule has 0 bridgehead atoms. The summed E-state index contributed by atoms with van der Waals surface area (Å²) in [5.41, 5.74) is 0.253. The lowest BCUT2D eigenvalue weighted by Crippen LogP contribution is -2.32. The third-order valence-corrected chi connectivity index (χ3v) is 4.45. The van der Waals surface area contributed by atoms with Crippen LogP contribution in [0.4, 0.5) is 0 Å². The molecule has 84 valence electrons. The monoisotopic (exact) mass is 240 g/mol. The standard InChI is InChI=1S/C8H16N2O2S.ClH/c1-13(11,12)10-5-3-8(7-10)2-4-9-6-8;/h9H,2-7H2,1H3;1H. The van der Waals surface area contributed by atoms with Crippen molar-refractivity contribution in [2.24, 2.45) is 5.41 Å². The molecule has 4 nitrogen and oxygen atoms in total. The first-order valence-corrected chi connectivity index (χ1v) is 6.53. The van der Waals surface area contributed by atoms with Gasteiger partial charge in [0.15, 0.2) is 0 Å². The van der Waals surface area contributed by atoms with E-state index in [1.54, 1.807) is 4.31 Å². The Morgan fingerprint density at radius 3 is 2.50 bits per heavy atom. The Bertz CT molecular complexity index is 298. The van der Waals surface area contributed by atoms with Gasteiger partial charge in [0.05, 0.1) is 6.26 Å². The third kappa shape index (κ3) is 2.21. The van der Waals surface area contributed by atoms with Gasteiger partial charge in [-0.05, 0) is 24.8 Å². The van der Waals surface area contributed by atoms with E-state index in [1.807, 2.05) is 0 Å². The molecule has 0 aromatic heterocycles. The SMILES string of the molecule is CS(=O)(=O)N1CCC2(CCNC2)C1.Cl. The molecule has 0 radical (unpaired) electrons. The third-order valence-electron chi connectivity index (χ3n) is 3.20. The highest BCUT2D eigenvalue weighted by atomic mass is 35.5. The van der Waals surface area contributed by atoms with Gasteiger partial charge in [0.2, 0.25) is 10.0 Å². The van der Waals surface area contributed by atoms with Crippen LogP contribution in [0.25, 0.3) is 0 Å². The highest BCUT2D eigenvalue weighted by molar-refractivity contribution is 7.88. The molecule has 2 aliphatic rings. The lowest BCUT2D eigenvalue weighted by molar-refractivity contribution is 0.338. The molecule has 2 fully saturated rings. The van der Waals surface area contributed by atoms with Gasteiger partial charge < -0.3 is 5.32 Å². The maximum absolute atomic E-state index is 11.3. The van der Waals surface area contributed by atoms with Crippen LogP contribution in [0.1, 0.15) is 12.8 Å². The minimum Gasteiger partial charge on any atom is -0.316 e. The van der Waals surface area contributed by atoms with Crippen LogP contribution in [0.2, 0.25) is 0 Å². The number of sulfonamides is 1. The number of nitrogens with one attached hydrogen (secondary N) is 1. The lowest BCUT2D eigenvalue weighted by Gasteiger charge is -2.21. The zero-order valence-corrected chi connectivity index (χ0v) is 9.96. The molecule has 1 spiro atoms. The fraction of sp³-hybridized carbons (Fsp3) is 1.00. The Balaban J connectivity index is 0.000000980. The maximum atomic E-state index is 11.3. The molecule has 1 unspecified atom stereocenters. The number of nitrogens with zero attached hydrogens (tertiary/aromatic N) is 1. The second kappa shape index (κ2) is 3.96. The second-order valence-corrected chi connectivity index (χ2v) is 6.26. The van der Waals surface area contributed by atoms with Crippen LogP contribution in [0.3, 0.4) is 0 Å². The molecular weight excluding hydrogens is 224 g/mol. The van der Waals surface area contributed by atoms with Crippen molar-refractivity contribution in [3.63, 3.8) is 0 Å². The Labute approximate surface area is 91.5 Å². The van der Waals surface area contributed by atoms with E-state index in [0.29, 0.717) is 6.54 Å². The van der Waals surface area contributed by atoms with Crippen molar-refractivity contribution in [3.05, 3.63) is 0 Å². The summed E-state index contributed by atoms with van der Waals surface area (Å²) in [5, 5.41) is 3.31. The minimum absolute atomic E-state index is 0. The van der Waals surface area contributed by atoms with Crippen molar-refractivity contribution in [1.29, 1.82) is 0 Å². The first-order valence-electron chi connectivity index (χ1n) is 4.68. The van der Waals surface area contributed by atoms with Gasteiger partial charge in [-0.2, -0.15) is 0 Å². The van der Waals surface area contributed by atoms with Crippen molar-refractivity contribution in [2.45, 2.75) is 12.8 Å². The minimum atomic E-state index is -2.96. The van der Waals surface area contributed by atoms with Crippen LogP contribution >= 0.6 is 12.4 Å². The molecule has 2 rings (SSSR count). The summed E-state index contributed by atoms with van der Waals surface area (Å²) in [6, 6.07) is 0. The largest absolute Gasteiger partial charge is 0.316 e. The van der Waals surface area contributed by atoms with Crippen LogP contribution in [0.5, 0.6) is 0 Å². The van der Waals surface area contributed by atoms with Gasteiger partial charge in [0, 0.05) is 19.6 Å². The van der Waals surface area contributed by atoms with Crippen molar-refractivity contribution >= 4 is 22.4 Å². The molecule has 0 saturated carbocycles. The summed E-state index contributed by atoms with van der Waals surface area (Å²) in [4.78, 5) is 0. The Hall–Kier alpha value is 0.160. The zero-order valence-electron chi connectivity index (χ0n) is 8.32. The quantitative estimate of drug-likeness (QED) is 0.705. The van der Waals surface area contributed by atoms with E-state index >= 15 is 0 Å². The van der Waals surface area contributed by atoms with E-state index in [-0.39, 0.29) is 17.8 Å². The van der Waals surface area contributed by atoms with Crippen LogP contribution in [-0.2, 0) is 10.0 Å². The average Bonchev–Trinajstić information content (AvgIpc) is 2.60. The van der Waals surface area contributed by atoms with E-state index in [0.717, 1.165) is 32.5 Å². The molecule has 2 saturated heterocycles. The summed E-state index contributed by atoms with van der Waals surface area (Å²) in [5.74, 6) is 0. The van der Waals surface area contributed by atoms with E-state index in [4.69, 9.17) is 0 Å². The van der Waals surface area contributed by atoms with E-state index in [1.165, 1.54) is 6.26 Å². The highest BCUT2D eigenvalue weighted by Crippen LogP contribution is 2.36. The lowest BCUT2D eigenvalue weighted by atomic mass is 9.87. The number of hydrogen-bond donors (Lipinski definition) is 1. The molecule has 2 heterocycles. The molecule has 0 aromatic carbocycles. The molecule has 14 heavy (non-hydrogen) atoms. The molecular formula is C8H17ClN2O2S. The van der Waals surface area contributed by atoms with Gasteiger partial charge in [0.25, 0.3) is 0 Å². The molecule has 6 heteroatoms. The summed E-state index contributed by atoms with van der Waals surface area (Å²) in [7, 11) is -2.96. The van der Waals surface area contributed by atoms with Gasteiger partial charge in [-0.1, -0.05) is 0 Å². The van der Waals surface area contributed by atoms with Gasteiger partial charge >= 0.3 is 0 Å². The van der Waals surface area contributed by atoms with Gasteiger partial charge in [-0.25, -0.2) is 12.7 Å². The maximum Gasteiger partial charge on any atom is 0.211 e. The van der Waals surface area contributed by atoms with Gasteiger partial charge in [-0.3, -0.25) is 0 Å². The van der Waals surface area contributed by atoms with Gasteiger partial charge in [0.1, 0.15) is 0 Å². The van der Waals surface area contributed by atoms with E-state index in [9.17, 15) is 8.42 Å². The summed E-state index contributed by atoms with van der Waals surface area (Å²) in [6.07, 6.45) is 3.44.